The van der Waals surface area contributed by atoms with Gasteiger partial charge in [-0.05, 0) is 165 Å². The summed E-state index contributed by atoms with van der Waals surface area (Å²) in [7, 11) is 0. The monoisotopic (exact) mass is 947 g/mol. The van der Waals surface area contributed by atoms with Gasteiger partial charge >= 0.3 is 6.85 Å². The van der Waals surface area contributed by atoms with E-state index >= 15 is 0 Å². The molecule has 0 spiro atoms. The summed E-state index contributed by atoms with van der Waals surface area (Å²) in [4.78, 5) is 3.01. The van der Waals surface area contributed by atoms with Gasteiger partial charge in [-0.2, -0.15) is 0 Å². The molecule has 0 saturated heterocycles. The maximum Gasteiger partial charge on any atom is 0.328 e. The number of fused-ring (bicyclic) bond motifs is 19. The molecule has 0 bridgehead atoms. The summed E-state index contributed by atoms with van der Waals surface area (Å²) >= 11 is 0. The van der Waals surface area contributed by atoms with Gasteiger partial charge in [0.1, 0.15) is 0 Å². The fourth-order valence-electron chi connectivity index (χ4n) is 16.6. The van der Waals surface area contributed by atoms with Crippen molar-refractivity contribution in [3.8, 4) is 50.2 Å². The normalized spacial score (nSPS) is 23.1. The van der Waals surface area contributed by atoms with E-state index in [4.69, 9.17) is 0 Å². The van der Waals surface area contributed by atoms with E-state index in [-0.39, 0.29) is 39.3 Å². The highest BCUT2D eigenvalue weighted by molar-refractivity contribution is 6.93. The van der Waals surface area contributed by atoms with Gasteiger partial charge in [0.2, 0.25) is 0 Å². The van der Waals surface area contributed by atoms with Crippen molar-refractivity contribution >= 4 is 45.3 Å². The van der Waals surface area contributed by atoms with Gasteiger partial charge in [0, 0.05) is 61.8 Å². The Kier molecular flexibility index (Phi) is 7.65. The highest BCUT2D eigenvalue weighted by atomic mass is 15.2. The molecule has 2 nitrogen and oxygen atoms in total. The molecule has 1 aromatic heterocycles. The number of aromatic nitrogens is 1. The molecular formula is C70H67BN2. The van der Waals surface area contributed by atoms with Crippen LogP contribution in [-0.4, -0.2) is 17.5 Å². The minimum absolute atomic E-state index is 0.0255. The van der Waals surface area contributed by atoms with Crippen LogP contribution in [0, 0.1) is 17.3 Å². The summed E-state index contributed by atoms with van der Waals surface area (Å²) in [6.45, 7) is 32.0. The topological polar surface area (TPSA) is 8.17 Å². The number of hydrogen-bond acceptors (Lipinski definition) is 1. The van der Waals surface area contributed by atoms with Crippen LogP contribution in [0.15, 0.2) is 133 Å². The number of anilines is 1. The van der Waals surface area contributed by atoms with Gasteiger partial charge in [-0.25, -0.2) is 0 Å². The SMILES string of the molecule is CC(C)(C)C1=CC2C(C=C1)C2N1B2c3cc4c(cc3-n3c5cc6c(cc5c5ccc(c2c53)-c2cc3c(cc21)C(C)(C)c1cc2c(cc1-3)C(C)(C)CCC2(C)C)C(C)(C)c1ccccc1-6)C(C)(C)c1ccccc1-4. The zero-order chi connectivity index (χ0) is 50.2. The first-order valence-electron chi connectivity index (χ1n) is 27.7. The lowest BCUT2D eigenvalue weighted by Gasteiger charge is -2.43. The molecule has 3 heteroatoms. The molecule has 8 aliphatic rings. The second-order valence-corrected chi connectivity index (χ2v) is 27.9. The molecule has 6 aliphatic carbocycles. The maximum atomic E-state index is 3.01. The summed E-state index contributed by atoms with van der Waals surface area (Å²) in [5.74, 6) is 0.892. The second-order valence-electron chi connectivity index (χ2n) is 27.9. The Morgan fingerprint density at radius 3 is 1.71 bits per heavy atom. The second kappa shape index (κ2) is 12.9. The smallest absolute Gasteiger partial charge is 0.328 e. The van der Waals surface area contributed by atoms with E-state index in [1.54, 1.807) is 11.1 Å². The molecule has 2 aliphatic heterocycles. The van der Waals surface area contributed by atoms with Gasteiger partial charge in [0.15, 0.2) is 0 Å². The zero-order valence-corrected chi connectivity index (χ0v) is 45.2. The minimum Gasteiger partial charge on any atom is -0.402 e. The first-order valence-corrected chi connectivity index (χ1v) is 27.7. The van der Waals surface area contributed by atoms with E-state index in [0.717, 1.165) is 0 Å². The fourth-order valence-corrected chi connectivity index (χ4v) is 16.6. The van der Waals surface area contributed by atoms with Crippen molar-refractivity contribution in [3.05, 3.63) is 178 Å². The van der Waals surface area contributed by atoms with E-state index in [1.807, 2.05) is 0 Å². The van der Waals surface area contributed by atoms with E-state index in [0.29, 0.717) is 17.9 Å². The van der Waals surface area contributed by atoms with Crippen LogP contribution in [0.4, 0.5) is 5.69 Å². The average molecular weight is 947 g/mol. The molecule has 360 valence electrons. The van der Waals surface area contributed by atoms with Crippen LogP contribution in [0.1, 0.15) is 147 Å². The predicted octanol–water partition coefficient (Wildman–Crippen LogP) is 16.1. The quantitative estimate of drug-likeness (QED) is 0.149. The Morgan fingerprint density at radius 2 is 1.04 bits per heavy atom. The summed E-state index contributed by atoms with van der Waals surface area (Å²) in [6.07, 6.45) is 10.2. The third-order valence-electron chi connectivity index (χ3n) is 21.0. The van der Waals surface area contributed by atoms with Crippen molar-refractivity contribution in [2.45, 2.75) is 136 Å². The number of nitrogens with zero attached hydrogens (tertiary/aromatic N) is 2. The van der Waals surface area contributed by atoms with Crippen molar-refractivity contribution in [2.75, 3.05) is 4.81 Å². The Hall–Kier alpha value is -6.32. The standard InChI is InChI=1S/C70H67BN2/c1-65(2,3)37-22-23-42-49(28-37)63(42)73-60-35-54-43(44-30-56-57(34-53(44)70(54,12)13)67(6,7)27-26-66(56,4)5)29-47(60)40-24-25-41-48-31-52-46(39-19-15-17-21-51(39)68(52,8)9)33-59(48)72-61-36-55-45(32-58(61)71(73)62(40)64(41)72)38-18-14-16-20-50(38)69(55,10)11/h14-25,28-36,42,49,63H,26-27H2,1-13H3. The van der Waals surface area contributed by atoms with Crippen molar-refractivity contribution in [1.29, 1.82) is 0 Å². The molecule has 0 N–H and O–H groups in total. The molecule has 1 fully saturated rings. The largest absolute Gasteiger partial charge is 0.402 e. The Balaban J connectivity index is 1.03. The van der Waals surface area contributed by atoms with Crippen molar-refractivity contribution in [3.63, 3.8) is 0 Å². The molecule has 73 heavy (non-hydrogen) atoms. The molecule has 16 rings (SSSR count). The van der Waals surface area contributed by atoms with Gasteiger partial charge in [-0.1, -0.05) is 181 Å². The zero-order valence-electron chi connectivity index (χ0n) is 45.2. The molecule has 0 amide bonds. The van der Waals surface area contributed by atoms with Crippen LogP contribution in [0.5, 0.6) is 0 Å². The first-order chi connectivity index (χ1) is 34.6. The molecule has 7 aromatic carbocycles. The van der Waals surface area contributed by atoms with Crippen molar-refractivity contribution < 1.29 is 0 Å². The van der Waals surface area contributed by atoms with Gasteiger partial charge in [-0.15, -0.1) is 0 Å². The molecule has 8 aromatic rings. The number of hydrogen-bond donors (Lipinski definition) is 0. The molecular weight excluding hydrogens is 880 g/mol. The van der Waals surface area contributed by atoms with Crippen LogP contribution >= 0.6 is 0 Å². The highest BCUT2D eigenvalue weighted by Gasteiger charge is 2.59. The summed E-state index contributed by atoms with van der Waals surface area (Å²) < 4.78 is 2.76. The molecule has 3 atom stereocenters. The molecule has 1 saturated carbocycles. The van der Waals surface area contributed by atoms with Gasteiger partial charge in [0.05, 0.1) is 11.0 Å². The van der Waals surface area contributed by atoms with Gasteiger partial charge in [0.25, 0.3) is 0 Å². The first kappa shape index (κ1) is 43.1. The van der Waals surface area contributed by atoms with Crippen LogP contribution in [0.3, 0.4) is 0 Å². The van der Waals surface area contributed by atoms with Crippen LogP contribution < -0.4 is 15.7 Å². The lowest BCUT2D eigenvalue weighted by atomic mass is 9.43. The van der Waals surface area contributed by atoms with Crippen LogP contribution in [0.25, 0.3) is 72.0 Å². The van der Waals surface area contributed by atoms with E-state index in [2.05, 4.69) is 227 Å². The van der Waals surface area contributed by atoms with Gasteiger partial charge < -0.3 is 9.38 Å². The third-order valence-corrected chi connectivity index (χ3v) is 21.0. The lowest BCUT2D eigenvalue weighted by molar-refractivity contribution is 0.331. The summed E-state index contributed by atoms with van der Waals surface area (Å²) in [5, 5.41) is 2.74. The van der Waals surface area contributed by atoms with E-state index in [1.165, 1.54) is 140 Å². The number of benzene rings is 7. The van der Waals surface area contributed by atoms with Crippen LogP contribution in [0.2, 0.25) is 0 Å². The summed E-state index contributed by atoms with van der Waals surface area (Å²) in [6, 6.07) is 45.1. The lowest BCUT2D eigenvalue weighted by Crippen LogP contribution is -2.63. The predicted molar refractivity (Wildman–Crippen MR) is 309 cm³/mol. The molecule has 0 radical (unpaired) electrons. The molecule has 3 heterocycles. The van der Waals surface area contributed by atoms with E-state index in [9.17, 15) is 0 Å². The summed E-state index contributed by atoms with van der Waals surface area (Å²) in [5.41, 5.74) is 32.9. The average Bonchev–Trinajstić information content (AvgIpc) is 3.75. The Labute approximate surface area is 433 Å². The van der Waals surface area contributed by atoms with E-state index < -0.39 is 0 Å². The maximum absolute atomic E-state index is 3.01. The van der Waals surface area contributed by atoms with Crippen molar-refractivity contribution in [2.24, 2.45) is 17.3 Å². The Morgan fingerprint density at radius 1 is 0.479 bits per heavy atom. The fraction of sp³-hybridized carbons (Fsp3) is 0.343. The number of rotatable bonds is 1. The Bertz CT molecular complexity index is 4020. The third kappa shape index (κ3) is 5.09. The van der Waals surface area contributed by atoms with Crippen molar-refractivity contribution in [1.82, 2.24) is 4.57 Å². The molecule has 3 unspecified atom stereocenters. The number of allylic oxidation sites excluding steroid dienone is 2. The van der Waals surface area contributed by atoms with Crippen LogP contribution in [-0.2, 0) is 27.1 Å². The minimum atomic E-state index is -0.155. The van der Waals surface area contributed by atoms with Gasteiger partial charge in [-0.3, -0.25) is 0 Å². The highest BCUT2D eigenvalue weighted by Crippen LogP contribution is 2.61.